The van der Waals surface area contributed by atoms with Crippen LogP contribution in [0, 0.1) is 6.61 Å². The third kappa shape index (κ3) is 1.95. The Balaban J connectivity index is 1.76. The van der Waals surface area contributed by atoms with Gasteiger partial charge >= 0.3 is 5.97 Å². The zero-order valence-corrected chi connectivity index (χ0v) is 8.09. The molecule has 6 heteroatoms. The number of aliphatic hydroxyl groups is 1. The lowest BCUT2D eigenvalue weighted by atomic mass is 10.2. The van der Waals surface area contributed by atoms with E-state index < -0.39 is 12.1 Å². The standard InChI is InChI=1S/C9H12NO5/c11-4-2-8(12)14-5-6-9(13)10-3-1-7(10)15-6/h4,6-7,11H,1-3,5H2. The van der Waals surface area contributed by atoms with Gasteiger partial charge in [0.1, 0.15) is 12.8 Å². The van der Waals surface area contributed by atoms with E-state index in [1.54, 1.807) is 4.90 Å². The van der Waals surface area contributed by atoms with Crippen molar-refractivity contribution in [2.45, 2.75) is 25.2 Å². The highest BCUT2D eigenvalue weighted by Gasteiger charge is 2.46. The Morgan fingerprint density at radius 2 is 2.53 bits per heavy atom. The second-order valence-electron chi connectivity index (χ2n) is 3.47. The number of ether oxygens (including phenoxy) is 2. The first-order valence-electron chi connectivity index (χ1n) is 4.80. The van der Waals surface area contributed by atoms with Crippen molar-refractivity contribution in [3.05, 3.63) is 6.61 Å². The summed E-state index contributed by atoms with van der Waals surface area (Å²) in [4.78, 5) is 24.0. The van der Waals surface area contributed by atoms with Gasteiger partial charge in [0.05, 0.1) is 13.0 Å². The highest BCUT2D eigenvalue weighted by molar-refractivity contribution is 5.84. The number of esters is 1. The first-order chi connectivity index (χ1) is 7.22. The Kier molecular flexibility index (Phi) is 2.88. The number of rotatable bonds is 4. The topological polar surface area (TPSA) is 76.1 Å². The molecule has 2 aliphatic heterocycles. The lowest BCUT2D eigenvalue weighted by Gasteiger charge is -2.32. The molecule has 2 saturated heterocycles. The minimum absolute atomic E-state index is 0.0709. The molecular formula is C9H12NO5. The van der Waals surface area contributed by atoms with Crippen LogP contribution in [-0.4, -0.2) is 47.4 Å². The van der Waals surface area contributed by atoms with Crippen LogP contribution in [0.2, 0.25) is 0 Å². The summed E-state index contributed by atoms with van der Waals surface area (Å²) in [5.41, 5.74) is 0. The molecule has 2 heterocycles. The Morgan fingerprint density at radius 1 is 1.73 bits per heavy atom. The molecule has 0 bridgehead atoms. The van der Waals surface area contributed by atoms with Gasteiger partial charge in [-0.3, -0.25) is 9.59 Å². The van der Waals surface area contributed by atoms with Crippen molar-refractivity contribution in [1.29, 1.82) is 0 Å². The summed E-state index contributed by atoms with van der Waals surface area (Å²) in [5, 5.41) is 8.34. The number of aliphatic hydroxyl groups excluding tert-OH is 1. The summed E-state index contributed by atoms with van der Waals surface area (Å²) in [5.74, 6) is -0.685. The van der Waals surface area contributed by atoms with E-state index >= 15 is 0 Å². The Labute approximate surface area is 86.8 Å². The maximum Gasteiger partial charge on any atom is 0.308 e. The van der Waals surface area contributed by atoms with E-state index in [2.05, 4.69) is 0 Å². The van der Waals surface area contributed by atoms with E-state index in [1.165, 1.54) is 0 Å². The van der Waals surface area contributed by atoms with Crippen molar-refractivity contribution in [2.24, 2.45) is 0 Å². The Morgan fingerprint density at radius 3 is 3.00 bits per heavy atom. The van der Waals surface area contributed by atoms with Crippen LogP contribution < -0.4 is 0 Å². The van der Waals surface area contributed by atoms with Gasteiger partial charge in [0.15, 0.2) is 6.10 Å². The smallest absolute Gasteiger partial charge is 0.308 e. The molecule has 1 amide bonds. The van der Waals surface area contributed by atoms with Gasteiger partial charge in [0.25, 0.3) is 5.91 Å². The normalized spacial score (nSPS) is 28.6. The van der Waals surface area contributed by atoms with Gasteiger partial charge in [-0.15, -0.1) is 0 Å². The molecule has 1 radical (unpaired) electrons. The van der Waals surface area contributed by atoms with E-state index in [0.717, 1.165) is 13.0 Å². The lowest BCUT2D eigenvalue weighted by Crippen LogP contribution is -2.46. The number of hydrogen-bond acceptors (Lipinski definition) is 5. The molecule has 0 aliphatic carbocycles. The summed E-state index contributed by atoms with van der Waals surface area (Å²) in [6.07, 6.45) is -0.111. The lowest BCUT2D eigenvalue weighted by molar-refractivity contribution is -0.148. The van der Waals surface area contributed by atoms with Gasteiger partial charge in [-0.1, -0.05) is 0 Å². The van der Waals surface area contributed by atoms with Gasteiger partial charge in [-0.25, -0.2) is 0 Å². The fourth-order valence-electron chi connectivity index (χ4n) is 1.60. The highest BCUT2D eigenvalue weighted by atomic mass is 16.6. The van der Waals surface area contributed by atoms with Crippen molar-refractivity contribution >= 4 is 11.9 Å². The molecule has 2 aliphatic rings. The summed E-state index contributed by atoms with van der Waals surface area (Å²) in [6.45, 7) is 1.36. The molecule has 0 aromatic rings. The molecule has 0 aromatic carbocycles. The number of carbonyl (C=O) groups excluding carboxylic acids is 2. The van der Waals surface area contributed by atoms with Gasteiger partial charge in [-0.05, 0) is 0 Å². The fourth-order valence-corrected chi connectivity index (χ4v) is 1.60. The zero-order chi connectivity index (χ0) is 10.8. The SMILES string of the molecule is O=C(C[CH]O)OCC1OC2CCN2C1=O. The molecule has 0 saturated carbocycles. The first kappa shape index (κ1) is 10.4. The molecule has 83 valence electrons. The molecule has 0 aromatic heterocycles. The average Bonchev–Trinajstić information content (AvgIpc) is 2.35. The molecular weight excluding hydrogens is 202 g/mol. The first-order valence-corrected chi connectivity index (χ1v) is 4.80. The second-order valence-corrected chi connectivity index (χ2v) is 3.47. The predicted octanol–water partition coefficient (Wildman–Crippen LogP) is -0.589. The maximum absolute atomic E-state index is 11.5. The average molecular weight is 214 g/mol. The minimum atomic E-state index is -0.667. The summed E-state index contributed by atoms with van der Waals surface area (Å²) in [7, 11) is 0. The molecule has 15 heavy (non-hydrogen) atoms. The molecule has 0 spiro atoms. The van der Waals surface area contributed by atoms with Gasteiger partial charge < -0.3 is 19.5 Å². The third-order valence-corrected chi connectivity index (χ3v) is 2.50. The summed E-state index contributed by atoms with van der Waals surface area (Å²) < 4.78 is 10.1. The molecule has 2 atom stereocenters. The number of nitrogens with zero attached hydrogens (tertiary/aromatic N) is 1. The van der Waals surface area contributed by atoms with Crippen LogP contribution in [0.1, 0.15) is 12.8 Å². The van der Waals surface area contributed by atoms with Crippen LogP contribution in [0.15, 0.2) is 0 Å². The summed E-state index contributed by atoms with van der Waals surface area (Å²) in [6, 6.07) is 0. The second kappa shape index (κ2) is 4.16. The van der Waals surface area contributed by atoms with Crippen molar-refractivity contribution in [1.82, 2.24) is 4.90 Å². The van der Waals surface area contributed by atoms with Crippen LogP contribution >= 0.6 is 0 Å². The maximum atomic E-state index is 11.5. The van der Waals surface area contributed by atoms with E-state index in [4.69, 9.17) is 14.6 Å². The number of carbonyl (C=O) groups is 2. The minimum Gasteiger partial charge on any atom is -0.462 e. The van der Waals surface area contributed by atoms with Crippen LogP contribution in [0.4, 0.5) is 0 Å². The van der Waals surface area contributed by atoms with E-state index in [0.29, 0.717) is 6.61 Å². The predicted molar refractivity (Wildman–Crippen MR) is 46.8 cm³/mol. The van der Waals surface area contributed by atoms with Crippen LogP contribution in [0.3, 0.4) is 0 Å². The van der Waals surface area contributed by atoms with Gasteiger partial charge in [0.2, 0.25) is 0 Å². The van der Waals surface area contributed by atoms with Gasteiger partial charge in [-0.2, -0.15) is 0 Å². The van der Waals surface area contributed by atoms with Crippen LogP contribution in [0.25, 0.3) is 0 Å². The largest absolute Gasteiger partial charge is 0.462 e. The number of hydrogen-bond donors (Lipinski definition) is 1. The summed E-state index contributed by atoms with van der Waals surface area (Å²) >= 11 is 0. The van der Waals surface area contributed by atoms with Crippen molar-refractivity contribution in [3.63, 3.8) is 0 Å². The Hall–Kier alpha value is -1.14. The Bertz CT molecular complexity index is 280. The quantitative estimate of drug-likeness (QED) is 0.633. The molecule has 2 fully saturated rings. The van der Waals surface area contributed by atoms with Gasteiger partial charge in [0, 0.05) is 13.0 Å². The number of fused-ring (bicyclic) bond motifs is 1. The van der Waals surface area contributed by atoms with E-state index in [9.17, 15) is 9.59 Å². The molecule has 2 rings (SSSR count). The fraction of sp³-hybridized carbons (Fsp3) is 0.667. The number of amides is 1. The monoisotopic (exact) mass is 214 g/mol. The highest BCUT2D eigenvalue weighted by Crippen LogP contribution is 2.28. The van der Waals surface area contributed by atoms with Crippen molar-refractivity contribution in [3.8, 4) is 0 Å². The molecule has 1 N–H and O–H groups in total. The zero-order valence-electron chi connectivity index (χ0n) is 8.09. The third-order valence-electron chi connectivity index (χ3n) is 2.50. The van der Waals surface area contributed by atoms with E-state index in [-0.39, 0.29) is 25.2 Å². The van der Waals surface area contributed by atoms with Crippen molar-refractivity contribution in [2.75, 3.05) is 13.2 Å². The molecule has 2 unspecified atom stereocenters. The van der Waals surface area contributed by atoms with Crippen LogP contribution in [0.5, 0.6) is 0 Å². The van der Waals surface area contributed by atoms with Crippen LogP contribution in [-0.2, 0) is 19.1 Å². The van der Waals surface area contributed by atoms with Crippen molar-refractivity contribution < 1.29 is 24.2 Å². The molecule has 6 nitrogen and oxygen atoms in total. The van der Waals surface area contributed by atoms with E-state index in [1.807, 2.05) is 0 Å².